The third-order valence-electron chi connectivity index (χ3n) is 3.22. The molecule has 0 heterocycles. The Labute approximate surface area is 142 Å². The molecule has 4 heteroatoms. The smallest absolute Gasteiger partial charge is 0.170 e. The number of nitrogens with one attached hydrogen (secondary N) is 2. The molecule has 0 amide bonds. The molecule has 0 fully saturated rings. The van der Waals surface area contributed by atoms with Gasteiger partial charge in [-0.2, -0.15) is 0 Å². The van der Waals surface area contributed by atoms with E-state index in [0.29, 0.717) is 5.11 Å². The Kier molecular flexibility index (Phi) is 6.28. The van der Waals surface area contributed by atoms with Crippen LogP contribution >= 0.6 is 24.0 Å². The molecule has 0 spiro atoms. The normalized spacial score (nSPS) is 10.3. The van der Waals surface area contributed by atoms with E-state index in [1.165, 1.54) is 20.9 Å². The molecule has 2 N–H and O–H groups in total. The van der Waals surface area contributed by atoms with Crippen molar-refractivity contribution in [2.45, 2.75) is 37.0 Å². The van der Waals surface area contributed by atoms with Crippen LogP contribution < -0.4 is 10.6 Å². The molecule has 2 rings (SSSR count). The summed E-state index contributed by atoms with van der Waals surface area (Å²) in [5.41, 5.74) is 3.61. The van der Waals surface area contributed by atoms with Crippen LogP contribution in [0.25, 0.3) is 0 Å². The Morgan fingerprint density at radius 3 is 2.50 bits per heavy atom. The zero-order valence-corrected chi connectivity index (χ0v) is 14.9. The van der Waals surface area contributed by atoms with Gasteiger partial charge < -0.3 is 10.6 Å². The van der Waals surface area contributed by atoms with Crippen LogP contribution in [0.1, 0.15) is 24.5 Å². The second-order valence-electron chi connectivity index (χ2n) is 5.28. The number of thiocarbonyl (C=S) groups is 1. The zero-order valence-electron chi connectivity index (χ0n) is 13.3. The highest BCUT2D eigenvalue weighted by molar-refractivity contribution is 7.99. The average molecular weight is 331 g/mol. The molecule has 0 aromatic heterocycles. The molecule has 0 saturated heterocycles. The minimum atomic E-state index is 0.678. The van der Waals surface area contributed by atoms with Gasteiger partial charge in [0.15, 0.2) is 5.11 Å². The molecule has 2 aromatic rings. The number of rotatable bonds is 5. The molecule has 0 unspecified atom stereocenters. The summed E-state index contributed by atoms with van der Waals surface area (Å²) in [5.74, 6) is 0. The van der Waals surface area contributed by atoms with Gasteiger partial charge in [-0.1, -0.05) is 30.8 Å². The molecule has 116 valence electrons. The van der Waals surface area contributed by atoms with Crippen LogP contribution in [0.15, 0.2) is 52.3 Å². The molecule has 0 aliphatic rings. The van der Waals surface area contributed by atoms with Crippen LogP contribution in [0.2, 0.25) is 0 Å². The summed E-state index contributed by atoms with van der Waals surface area (Å²) >= 11 is 7.04. The highest BCUT2D eigenvalue weighted by Crippen LogP contribution is 2.31. The number of hydrogen-bond acceptors (Lipinski definition) is 2. The molecule has 0 radical (unpaired) electrons. The van der Waals surface area contributed by atoms with E-state index < -0.39 is 0 Å². The summed E-state index contributed by atoms with van der Waals surface area (Å²) in [5, 5.41) is 7.04. The van der Waals surface area contributed by atoms with E-state index in [1.807, 2.05) is 0 Å². The molecule has 22 heavy (non-hydrogen) atoms. The van der Waals surface area contributed by atoms with Crippen LogP contribution in [-0.4, -0.2) is 11.7 Å². The maximum atomic E-state index is 5.24. The fourth-order valence-corrected chi connectivity index (χ4v) is 3.18. The third kappa shape index (κ3) is 5.04. The van der Waals surface area contributed by atoms with Gasteiger partial charge in [0.2, 0.25) is 0 Å². The first-order valence-corrected chi connectivity index (χ1v) is 8.71. The summed E-state index contributed by atoms with van der Waals surface area (Å²) in [6, 6.07) is 14.9. The predicted octanol–water partition coefficient (Wildman–Crippen LogP) is 5.15. The van der Waals surface area contributed by atoms with Crippen molar-refractivity contribution in [2.24, 2.45) is 0 Å². The van der Waals surface area contributed by atoms with Gasteiger partial charge in [-0.15, -0.1) is 0 Å². The lowest BCUT2D eigenvalue weighted by atomic mass is 10.2. The van der Waals surface area contributed by atoms with Crippen LogP contribution in [0.3, 0.4) is 0 Å². The van der Waals surface area contributed by atoms with Crippen LogP contribution in [0.5, 0.6) is 0 Å². The van der Waals surface area contributed by atoms with Gasteiger partial charge in [-0.05, 0) is 73.9 Å². The van der Waals surface area contributed by atoms with Gasteiger partial charge in [0.25, 0.3) is 0 Å². The van der Waals surface area contributed by atoms with Crippen LogP contribution in [0.4, 0.5) is 5.69 Å². The minimum absolute atomic E-state index is 0.678. The van der Waals surface area contributed by atoms with Crippen molar-refractivity contribution in [3.05, 3.63) is 53.6 Å². The highest BCUT2D eigenvalue weighted by Gasteiger charge is 2.03. The minimum Gasteiger partial charge on any atom is -0.362 e. The Bertz CT molecular complexity index is 636. The van der Waals surface area contributed by atoms with Crippen LogP contribution in [0, 0.1) is 13.8 Å². The second-order valence-corrected chi connectivity index (χ2v) is 6.80. The summed E-state index contributed by atoms with van der Waals surface area (Å²) in [7, 11) is 0. The third-order valence-corrected chi connectivity index (χ3v) is 4.63. The van der Waals surface area contributed by atoms with Crippen molar-refractivity contribution in [1.29, 1.82) is 0 Å². The second kappa shape index (κ2) is 8.20. The van der Waals surface area contributed by atoms with Crippen molar-refractivity contribution in [3.8, 4) is 0 Å². The molecule has 2 nitrogen and oxygen atoms in total. The quantitative estimate of drug-likeness (QED) is 0.740. The van der Waals surface area contributed by atoms with Gasteiger partial charge in [0, 0.05) is 22.0 Å². The van der Waals surface area contributed by atoms with Crippen molar-refractivity contribution >= 4 is 34.8 Å². The number of hydrogen-bond donors (Lipinski definition) is 2. The van der Waals surface area contributed by atoms with Crippen molar-refractivity contribution in [3.63, 3.8) is 0 Å². The Morgan fingerprint density at radius 1 is 1.09 bits per heavy atom. The van der Waals surface area contributed by atoms with Crippen LogP contribution in [-0.2, 0) is 0 Å². The summed E-state index contributed by atoms with van der Waals surface area (Å²) < 4.78 is 0. The largest absolute Gasteiger partial charge is 0.362 e. The SMILES string of the molecule is CCCNC(=S)Nc1ccc(Sc2cc(C)ccc2C)cc1. The molecule has 0 aliphatic carbocycles. The predicted molar refractivity (Wildman–Crippen MR) is 101 cm³/mol. The lowest BCUT2D eigenvalue weighted by Crippen LogP contribution is -2.28. The molecular weight excluding hydrogens is 308 g/mol. The first-order chi connectivity index (χ1) is 10.6. The van der Waals surface area contributed by atoms with E-state index in [-0.39, 0.29) is 0 Å². The monoisotopic (exact) mass is 330 g/mol. The molecule has 2 aromatic carbocycles. The Balaban J connectivity index is 2.00. The first kappa shape index (κ1) is 16.8. The first-order valence-electron chi connectivity index (χ1n) is 7.48. The van der Waals surface area contributed by atoms with Gasteiger partial charge >= 0.3 is 0 Å². The number of aryl methyl sites for hydroxylation is 2. The highest BCUT2D eigenvalue weighted by atomic mass is 32.2. The summed E-state index contributed by atoms with van der Waals surface area (Å²) in [4.78, 5) is 2.53. The number of benzene rings is 2. The molecule has 0 aliphatic heterocycles. The average Bonchev–Trinajstić information content (AvgIpc) is 2.51. The maximum Gasteiger partial charge on any atom is 0.170 e. The van der Waals surface area contributed by atoms with Gasteiger partial charge in [-0.3, -0.25) is 0 Å². The topological polar surface area (TPSA) is 24.1 Å². The summed E-state index contributed by atoms with van der Waals surface area (Å²) in [6.07, 6.45) is 1.06. The van der Waals surface area contributed by atoms with Gasteiger partial charge in [-0.25, -0.2) is 0 Å². The molecule has 0 bridgehead atoms. The molecular formula is C18H22N2S2. The van der Waals surface area contributed by atoms with E-state index in [0.717, 1.165) is 18.7 Å². The lowest BCUT2D eigenvalue weighted by molar-refractivity contribution is 0.846. The maximum absolute atomic E-state index is 5.24. The standard InChI is InChI=1S/C18H22N2S2/c1-4-11-19-18(21)20-15-7-9-16(10-8-15)22-17-12-13(2)5-6-14(17)3/h5-10,12H,4,11H2,1-3H3,(H2,19,20,21). The van der Waals surface area contributed by atoms with E-state index in [4.69, 9.17) is 12.2 Å². The van der Waals surface area contributed by atoms with Crippen molar-refractivity contribution in [2.75, 3.05) is 11.9 Å². The van der Waals surface area contributed by atoms with E-state index in [1.54, 1.807) is 11.8 Å². The fourth-order valence-electron chi connectivity index (χ4n) is 1.96. The van der Waals surface area contributed by atoms with Crippen molar-refractivity contribution < 1.29 is 0 Å². The lowest BCUT2D eigenvalue weighted by Gasteiger charge is -2.11. The fraction of sp³-hybridized carbons (Fsp3) is 0.278. The van der Waals surface area contributed by atoms with E-state index in [9.17, 15) is 0 Å². The molecule has 0 atom stereocenters. The number of anilines is 1. The van der Waals surface area contributed by atoms with Gasteiger partial charge in [0.05, 0.1) is 0 Å². The van der Waals surface area contributed by atoms with Crippen molar-refractivity contribution in [1.82, 2.24) is 5.32 Å². The van der Waals surface area contributed by atoms with Gasteiger partial charge in [0.1, 0.15) is 0 Å². The Morgan fingerprint density at radius 2 is 1.82 bits per heavy atom. The zero-order chi connectivity index (χ0) is 15.9. The summed E-state index contributed by atoms with van der Waals surface area (Å²) in [6.45, 7) is 7.29. The Hall–Kier alpha value is -1.52. The van der Waals surface area contributed by atoms with E-state index >= 15 is 0 Å². The van der Waals surface area contributed by atoms with E-state index in [2.05, 4.69) is 73.9 Å². The molecule has 0 saturated carbocycles.